The molecule has 0 amide bonds. The molecule has 0 radical (unpaired) electrons. The lowest BCUT2D eigenvalue weighted by atomic mass is 10.1. The SMILES string of the molecule is Nc1ccc(-c2cc(Cc3ccc(COc4ccc(F)cn4)cc3)no2)c(N)n1. The molecule has 0 saturated carbocycles. The van der Waals surface area contributed by atoms with E-state index in [-0.39, 0.29) is 0 Å². The number of ether oxygens (including phenoxy) is 1. The van der Waals surface area contributed by atoms with Gasteiger partial charge in [0, 0.05) is 18.6 Å². The van der Waals surface area contributed by atoms with Crippen molar-refractivity contribution in [3.63, 3.8) is 0 Å². The van der Waals surface area contributed by atoms with Crippen LogP contribution >= 0.6 is 0 Å². The Morgan fingerprint density at radius 3 is 2.48 bits per heavy atom. The molecule has 4 aromatic rings. The summed E-state index contributed by atoms with van der Waals surface area (Å²) in [7, 11) is 0. The molecular weight excluding hydrogens is 373 g/mol. The van der Waals surface area contributed by atoms with Crippen LogP contribution in [0.25, 0.3) is 11.3 Å². The molecular formula is C21H18FN5O2. The first-order valence-electron chi connectivity index (χ1n) is 8.87. The summed E-state index contributed by atoms with van der Waals surface area (Å²) in [6.45, 7) is 0.344. The second kappa shape index (κ2) is 7.97. The van der Waals surface area contributed by atoms with Gasteiger partial charge in [-0.2, -0.15) is 0 Å². The van der Waals surface area contributed by atoms with Crippen molar-refractivity contribution in [2.45, 2.75) is 13.0 Å². The highest BCUT2D eigenvalue weighted by molar-refractivity contribution is 5.71. The molecule has 3 heterocycles. The fraction of sp³-hybridized carbons (Fsp3) is 0.0952. The van der Waals surface area contributed by atoms with Crippen LogP contribution in [0.2, 0.25) is 0 Å². The number of hydrogen-bond acceptors (Lipinski definition) is 7. The molecule has 0 saturated heterocycles. The third-order valence-corrected chi connectivity index (χ3v) is 4.27. The molecule has 7 nitrogen and oxygen atoms in total. The first kappa shape index (κ1) is 18.4. The van der Waals surface area contributed by atoms with Crippen LogP contribution in [-0.2, 0) is 13.0 Å². The zero-order valence-electron chi connectivity index (χ0n) is 15.4. The number of aromatic nitrogens is 3. The summed E-state index contributed by atoms with van der Waals surface area (Å²) in [4.78, 5) is 7.90. The minimum atomic E-state index is -0.395. The van der Waals surface area contributed by atoms with Gasteiger partial charge in [0.1, 0.15) is 24.1 Å². The number of nitrogen functional groups attached to an aromatic ring is 2. The monoisotopic (exact) mass is 391 g/mol. The second-order valence-electron chi connectivity index (χ2n) is 6.45. The van der Waals surface area contributed by atoms with E-state index >= 15 is 0 Å². The molecule has 8 heteroatoms. The van der Waals surface area contributed by atoms with Crippen molar-refractivity contribution in [3.05, 3.63) is 83.4 Å². The zero-order valence-corrected chi connectivity index (χ0v) is 15.4. The third kappa shape index (κ3) is 4.49. The summed E-state index contributed by atoms with van der Waals surface area (Å²) in [5.41, 5.74) is 15.0. The van der Waals surface area contributed by atoms with Crippen molar-refractivity contribution in [2.75, 3.05) is 11.5 Å². The quantitative estimate of drug-likeness (QED) is 0.516. The van der Waals surface area contributed by atoms with Crippen LogP contribution < -0.4 is 16.2 Å². The van der Waals surface area contributed by atoms with Crippen molar-refractivity contribution in [2.24, 2.45) is 0 Å². The minimum absolute atomic E-state index is 0.299. The Hall–Kier alpha value is -3.94. The number of rotatable bonds is 6. The minimum Gasteiger partial charge on any atom is -0.473 e. The molecule has 0 aliphatic heterocycles. The van der Waals surface area contributed by atoms with Gasteiger partial charge in [-0.15, -0.1) is 0 Å². The fourth-order valence-electron chi connectivity index (χ4n) is 2.79. The smallest absolute Gasteiger partial charge is 0.213 e. The van der Waals surface area contributed by atoms with E-state index in [9.17, 15) is 4.39 Å². The zero-order chi connectivity index (χ0) is 20.2. The lowest BCUT2D eigenvalue weighted by molar-refractivity contribution is 0.293. The van der Waals surface area contributed by atoms with E-state index in [0.29, 0.717) is 41.9 Å². The maximum absolute atomic E-state index is 12.9. The van der Waals surface area contributed by atoms with E-state index in [4.69, 9.17) is 20.7 Å². The summed E-state index contributed by atoms with van der Waals surface area (Å²) in [6.07, 6.45) is 1.73. The highest BCUT2D eigenvalue weighted by atomic mass is 19.1. The molecule has 0 atom stereocenters. The first-order chi connectivity index (χ1) is 14.1. The Morgan fingerprint density at radius 2 is 1.76 bits per heavy atom. The van der Waals surface area contributed by atoms with Crippen LogP contribution in [0.15, 0.2) is 65.3 Å². The molecule has 0 aliphatic rings. The fourth-order valence-corrected chi connectivity index (χ4v) is 2.79. The molecule has 4 rings (SSSR count). The number of anilines is 2. The van der Waals surface area contributed by atoms with Gasteiger partial charge in [0.15, 0.2) is 5.76 Å². The third-order valence-electron chi connectivity index (χ3n) is 4.27. The van der Waals surface area contributed by atoms with Crippen molar-refractivity contribution in [1.82, 2.24) is 15.1 Å². The molecule has 1 aromatic carbocycles. The highest BCUT2D eigenvalue weighted by Crippen LogP contribution is 2.26. The normalized spacial score (nSPS) is 10.8. The largest absolute Gasteiger partial charge is 0.473 e. The Kier molecular flexibility index (Phi) is 5.07. The topological polar surface area (TPSA) is 113 Å². The first-order valence-corrected chi connectivity index (χ1v) is 8.87. The van der Waals surface area contributed by atoms with Gasteiger partial charge in [0.2, 0.25) is 5.88 Å². The number of pyridine rings is 2. The number of hydrogen-bond donors (Lipinski definition) is 2. The van der Waals surface area contributed by atoms with Gasteiger partial charge in [-0.05, 0) is 29.3 Å². The number of nitrogens with two attached hydrogens (primary N) is 2. The van der Waals surface area contributed by atoms with Gasteiger partial charge >= 0.3 is 0 Å². The van der Waals surface area contributed by atoms with Gasteiger partial charge in [0.05, 0.1) is 17.5 Å². The van der Waals surface area contributed by atoms with Gasteiger partial charge in [-0.1, -0.05) is 29.4 Å². The molecule has 146 valence electrons. The van der Waals surface area contributed by atoms with Gasteiger partial charge in [-0.25, -0.2) is 14.4 Å². The van der Waals surface area contributed by atoms with Crippen LogP contribution in [0.1, 0.15) is 16.8 Å². The highest BCUT2D eigenvalue weighted by Gasteiger charge is 2.11. The molecule has 3 aromatic heterocycles. The Balaban J connectivity index is 1.39. The van der Waals surface area contributed by atoms with Crippen LogP contribution in [-0.4, -0.2) is 15.1 Å². The maximum Gasteiger partial charge on any atom is 0.213 e. The van der Waals surface area contributed by atoms with Crippen molar-refractivity contribution < 1.29 is 13.7 Å². The van der Waals surface area contributed by atoms with Crippen molar-refractivity contribution >= 4 is 11.6 Å². The molecule has 0 bridgehead atoms. The van der Waals surface area contributed by atoms with Gasteiger partial charge in [-0.3, -0.25) is 0 Å². The number of benzene rings is 1. The van der Waals surface area contributed by atoms with E-state index in [0.717, 1.165) is 23.0 Å². The van der Waals surface area contributed by atoms with Gasteiger partial charge in [0.25, 0.3) is 0 Å². The van der Waals surface area contributed by atoms with Crippen LogP contribution in [0.3, 0.4) is 0 Å². The van der Waals surface area contributed by atoms with Crippen molar-refractivity contribution in [3.8, 4) is 17.2 Å². The number of halogens is 1. The summed E-state index contributed by atoms with van der Waals surface area (Å²) in [5, 5.41) is 4.10. The van der Waals surface area contributed by atoms with E-state index in [1.54, 1.807) is 12.1 Å². The maximum atomic E-state index is 12.9. The Bertz CT molecular complexity index is 1110. The van der Waals surface area contributed by atoms with Gasteiger partial charge < -0.3 is 20.7 Å². The molecule has 0 fully saturated rings. The molecule has 0 spiro atoms. The molecule has 0 unspecified atom stereocenters. The molecule has 4 N–H and O–H groups in total. The van der Waals surface area contributed by atoms with Crippen LogP contribution in [0.5, 0.6) is 5.88 Å². The molecule has 0 aliphatic carbocycles. The summed E-state index contributed by atoms with van der Waals surface area (Å²) >= 11 is 0. The number of nitrogens with zero attached hydrogens (tertiary/aromatic N) is 3. The lowest BCUT2D eigenvalue weighted by Gasteiger charge is -2.06. The predicted octanol–water partition coefficient (Wildman–Crippen LogP) is 3.60. The lowest BCUT2D eigenvalue weighted by Crippen LogP contribution is -1.98. The predicted molar refractivity (Wildman–Crippen MR) is 106 cm³/mol. The van der Waals surface area contributed by atoms with Crippen LogP contribution in [0.4, 0.5) is 16.0 Å². The Labute approximate surface area is 166 Å². The summed E-state index contributed by atoms with van der Waals surface area (Å²) < 4.78 is 23.8. The second-order valence-corrected chi connectivity index (χ2v) is 6.45. The Morgan fingerprint density at radius 1 is 0.966 bits per heavy atom. The standard InChI is InChI=1S/C21H18FN5O2/c22-15-5-8-20(25-11-15)28-12-14-3-1-13(2-4-14)9-16-10-18(29-27-16)17-6-7-19(23)26-21(17)24/h1-8,10-11H,9,12H2,(H4,23,24,26). The van der Waals surface area contributed by atoms with E-state index < -0.39 is 5.82 Å². The van der Waals surface area contributed by atoms with Crippen LogP contribution in [0, 0.1) is 5.82 Å². The van der Waals surface area contributed by atoms with E-state index in [1.165, 1.54) is 12.1 Å². The molecule has 29 heavy (non-hydrogen) atoms. The van der Waals surface area contributed by atoms with Crippen molar-refractivity contribution in [1.29, 1.82) is 0 Å². The average molecular weight is 391 g/mol. The van der Waals surface area contributed by atoms with E-state index in [2.05, 4.69) is 15.1 Å². The summed E-state index contributed by atoms with van der Waals surface area (Å²) in [5.74, 6) is 1.18. The van der Waals surface area contributed by atoms with E-state index in [1.807, 2.05) is 30.3 Å². The average Bonchev–Trinajstić information content (AvgIpc) is 3.17. The summed E-state index contributed by atoms with van der Waals surface area (Å²) in [6, 6.07) is 16.0.